The summed E-state index contributed by atoms with van der Waals surface area (Å²) in [7, 11) is 0. The normalized spacial score (nSPS) is 19.2. The fraction of sp³-hybridized carbons (Fsp3) is 0.625. The van der Waals surface area contributed by atoms with Crippen molar-refractivity contribution in [3.8, 4) is 0 Å². The van der Waals surface area contributed by atoms with E-state index in [0.29, 0.717) is 19.6 Å². The van der Waals surface area contributed by atoms with Crippen molar-refractivity contribution in [2.24, 2.45) is 0 Å². The second-order valence-corrected chi connectivity index (χ2v) is 7.62. The molecule has 22 heavy (non-hydrogen) atoms. The van der Waals surface area contributed by atoms with Gasteiger partial charge in [0.15, 0.2) is 0 Å². The Balaban J connectivity index is 2.00. The van der Waals surface area contributed by atoms with Crippen LogP contribution >= 0.6 is 11.3 Å². The Kier molecular flexibility index (Phi) is 4.80. The van der Waals surface area contributed by atoms with Crippen molar-refractivity contribution in [1.82, 2.24) is 9.80 Å². The number of amides is 2. The van der Waals surface area contributed by atoms with Crippen LogP contribution in [0.15, 0.2) is 11.4 Å². The van der Waals surface area contributed by atoms with Crippen molar-refractivity contribution in [2.45, 2.75) is 46.3 Å². The summed E-state index contributed by atoms with van der Waals surface area (Å²) in [5, 5.41) is 1.93. The van der Waals surface area contributed by atoms with E-state index in [1.54, 1.807) is 4.90 Å². The number of ether oxygens (including phenoxy) is 1. The van der Waals surface area contributed by atoms with E-state index in [1.165, 1.54) is 11.3 Å². The van der Waals surface area contributed by atoms with Crippen molar-refractivity contribution in [1.29, 1.82) is 0 Å². The molecule has 1 aliphatic heterocycles. The van der Waals surface area contributed by atoms with Gasteiger partial charge in [0, 0.05) is 25.7 Å². The average Bonchev–Trinajstić information content (AvgIpc) is 2.81. The second kappa shape index (κ2) is 6.28. The summed E-state index contributed by atoms with van der Waals surface area (Å²) < 4.78 is 5.42. The summed E-state index contributed by atoms with van der Waals surface area (Å²) in [5.41, 5.74) is 0.509. The molecule has 1 aromatic rings. The van der Waals surface area contributed by atoms with E-state index >= 15 is 0 Å². The van der Waals surface area contributed by atoms with Crippen molar-refractivity contribution in [2.75, 3.05) is 19.6 Å². The Labute approximate surface area is 135 Å². The molecule has 0 spiro atoms. The number of piperazine rings is 1. The lowest BCUT2D eigenvalue weighted by Crippen LogP contribution is -2.56. The fourth-order valence-corrected chi connectivity index (χ4v) is 3.36. The van der Waals surface area contributed by atoms with Gasteiger partial charge in [0.25, 0.3) is 5.91 Å². The molecule has 5 nitrogen and oxygen atoms in total. The molecule has 1 saturated heterocycles. The van der Waals surface area contributed by atoms with E-state index in [2.05, 4.69) is 0 Å². The molecule has 0 bridgehead atoms. The van der Waals surface area contributed by atoms with Gasteiger partial charge >= 0.3 is 6.09 Å². The number of hydrogen-bond donors (Lipinski definition) is 0. The minimum Gasteiger partial charge on any atom is -0.444 e. The molecule has 1 fully saturated rings. The second-order valence-electron chi connectivity index (χ2n) is 6.71. The van der Waals surface area contributed by atoms with Crippen LogP contribution in [0.1, 0.15) is 42.9 Å². The number of aryl methyl sites for hydroxylation is 1. The third-order valence-corrected chi connectivity index (χ3v) is 4.60. The summed E-state index contributed by atoms with van der Waals surface area (Å²) >= 11 is 1.47. The lowest BCUT2D eigenvalue weighted by atomic mass is 10.1. The van der Waals surface area contributed by atoms with Gasteiger partial charge in [-0.2, -0.15) is 0 Å². The number of carbonyl (C=O) groups excluding carboxylic acids is 2. The standard InChI is InChI=1S/C16H24N2O3S/c1-11-6-9-22-13(11)14(19)17-7-8-18(12(2)10-17)15(20)21-16(3,4)5/h6,9,12H,7-8,10H2,1-5H3/t12-/m0/s1. The molecule has 0 N–H and O–H groups in total. The highest BCUT2D eigenvalue weighted by Crippen LogP contribution is 2.21. The molecular formula is C16H24N2O3S. The van der Waals surface area contributed by atoms with Gasteiger partial charge in [0.1, 0.15) is 5.60 Å². The van der Waals surface area contributed by atoms with Crippen molar-refractivity contribution in [3.05, 3.63) is 21.9 Å². The van der Waals surface area contributed by atoms with Crippen molar-refractivity contribution >= 4 is 23.3 Å². The summed E-state index contributed by atoms with van der Waals surface area (Å²) in [6, 6.07) is 1.91. The van der Waals surface area contributed by atoms with Crippen LogP contribution < -0.4 is 0 Å². The Morgan fingerprint density at radius 2 is 2.00 bits per heavy atom. The molecule has 1 atom stereocenters. The van der Waals surface area contributed by atoms with Crippen LogP contribution in [0.3, 0.4) is 0 Å². The van der Waals surface area contributed by atoms with Crippen LogP contribution in [0.2, 0.25) is 0 Å². The fourth-order valence-electron chi connectivity index (χ4n) is 2.47. The zero-order valence-corrected chi connectivity index (χ0v) is 14.7. The molecule has 0 aliphatic carbocycles. The highest BCUT2D eigenvalue weighted by Gasteiger charge is 2.33. The van der Waals surface area contributed by atoms with Crippen molar-refractivity contribution in [3.63, 3.8) is 0 Å². The number of rotatable bonds is 1. The first-order valence-corrected chi connectivity index (χ1v) is 8.40. The molecule has 0 aromatic carbocycles. The minimum absolute atomic E-state index is 0.0483. The van der Waals surface area contributed by atoms with Crippen LogP contribution in [-0.2, 0) is 4.74 Å². The number of thiophene rings is 1. The Hall–Kier alpha value is -1.56. The van der Waals surface area contributed by atoms with E-state index < -0.39 is 5.60 Å². The van der Waals surface area contributed by atoms with Crippen LogP contribution in [0.5, 0.6) is 0 Å². The van der Waals surface area contributed by atoms with Gasteiger partial charge in [-0.05, 0) is 51.6 Å². The van der Waals surface area contributed by atoms with Crippen LogP contribution in [0, 0.1) is 6.92 Å². The zero-order chi connectivity index (χ0) is 16.5. The van der Waals surface area contributed by atoms with Gasteiger partial charge in [-0.15, -0.1) is 11.3 Å². The molecule has 2 amide bonds. The first-order chi connectivity index (χ1) is 10.2. The maximum atomic E-state index is 12.5. The molecule has 0 unspecified atom stereocenters. The molecule has 0 radical (unpaired) electrons. The SMILES string of the molecule is Cc1ccsc1C(=O)N1CCN(C(=O)OC(C)(C)C)[C@@H](C)C1. The maximum absolute atomic E-state index is 12.5. The van der Waals surface area contributed by atoms with Gasteiger partial charge < -0.3 is 14.5 Å². The number of hydrogen-bond acceptors (Lipinski definition) is 4. The van der Waals surface area contributed by atoms with Crippen LogP contribution in [0.25, 0.3) is 0 Å². The van der Waals surface area contributed by atoms with Crippen LogP contribution in [-0.4, -0.2) is 53.1 Å². The third-order valence-electron chi connectivity index (χ3n) is 3.60. The van der Waals surface area contributed by atoms with Gasteiger partial charge in [0.2, 0.25) is 0 Å². The molecule has 0 saturated carbocycles. The monoisotopic (exact) mass is 324 g/mol. The topological polar surface area (TPSA) is 49.9 Å². The lowest BCUT2D eigenvalue weighted by molar-refractivity contribution is 0.00204. The van der Waals surface area contributed by atoms with Gasteiger partial charge in [0.05, 0.1) is 4.88 Å². The summed E-state index contributed by atoms with van der Waals surface area (Å²) in [5.74, 6) is 0.0585. The molecular weight excluding hydrogens is 300 g/mol. The van der Waals surface area contributed by atoms with Gasteiger partial charge in [-0.25, -0.2) is 4.79 Å². The smallest absolute Gasteiger partial charge is 0.410 e. The Morgan fingerprint density at radius 3 is 2.50 bits per heavy atom. The predicted octanol–water partition coefficient (Wildman–Crippen LogP) is 3.14. The largest absolute Gasteiger partial charge is 0.444 e. The van der Waals surface area contributed by atoms with Gasteiger partial charge in [-0.3, -0.25) is 4.79 Å². The first-order valence-electron chi connectivity index (χ1n) is 7.52. The van der Waals surface area contributed by atoms with E-state index in [1.807, 2.05) is 51.0 Å². The molecule has 2 rings (SSSR count). The molecule has 1 aromatic heterocycles. The van der Waals surface area contributed by atoms with E-state index in [0.717, 1.165) is 10.4 Å². The number of carbonyl (C=O) groups is 2. The summed E-state index contributed by atoms with van der Waals surface area (Å²) in [6.45, 7) is 11.1. The molecule has 122 valence electrons. The quantitative estimate of drug-likeness (QED) is 0.797. The number of nitrogens with zero attached hydrogens (tertiary/aromatic N) is 2. The van der Waals surface area contributed by atoms with E-state index in [4.69, 9.17) is 4.74 Å². The lowest BCUT2D eigenvalue weighted by Gasteiger charge is -2.40. The average molecular weight is 324 g/mol. The Morgan fingerprint density at radius 1 is 1.32 bits per heavy atom. The van der Waals surface area contributed by atoms with Crippen molar-refractivity contribution < 1.29 is 14.3 Å². The summed E-state index contributed by atoms with van der Waals surface area (Å²) in [6.07, 6.45) is -0.306. The highest BCUT2D eigenvalue weighted by molar-refractivity contribution is 7.12. The molecule has 2 heterocycles. The third kappa shape index (κ3) is 3.80. The first kappa shape index (κ1) is 16.8. The zero-order valence-electron chi connectivity index (χ0n) is 13.9. The molecule has 1 aliphatic rings. The van der Waals surface area contributed by atoms with Crippen LogP contribution in [0.4, 0.5) is 4.79 Å². The Bertz CT molecular complexity index is 562. The highest BCUT2D eigenvalue weighted by atomic mass is 32.1. The van der Waals surface area contributed by atoms with E-state index in [-0.39, 0.29) is 18.0 Å². The maximum Gasteiger partial charge on any atom is 0.410 e. The summed E-state index contributed by atoms with van der Waals surface area (Å²) in [4.78, 5) is 29.0. The van der Waals surface area contributed by atoms with E-state index in [9.17, 15) is 9.59 Å². The minimum atomic E-state index is -0.502. The predicted molar refractivity (Wildman–Crippen MR) is 87.4 cm³/mol. The molecule has 6 heteroatoms. The van der Waals surface area contributed by atoms with Gasteiger partial charge in [-0.1, -0.05) is 0 Å².